The van der Waals surface area contributed by atoms with Crippen molar-refractivity contribution >= 4 is 22.1 Å². The first-order chi connectivity index (χ1) is 9.62. The Balaban J connectivity index is 2.40. The van der Waals surface area contributed by atoms with Gasteiger partial charge in [-0.1, -0.05) is 20.8 Å². The summed E-state index contributed by atoms with van der Waals surface area (Å²) in [4.78, 5) is 8.23. The Hall–Kier alpha value is -1.07. The maximum Gasteiger partial charge on any atom is 0.195 e. The number of hydrogen-bond acceptors (Lipinski definition) is 4. The van der Waals surface area contributed by atoms with Crippen LogP contribution in [0.2, 0.25) is 0 Å². The number of anilines is 1. The molecule has 112 valence electrons. The van der Waals surface area contributed by atoms with Crippen LogP contribution in [-0.4, -0.2) is 28.5 Å². The van der Waals surface area contributed by atoms with Gasteiger partial charge in [-0.2, -0.15) is 0 Å². The number of aromatic nitrogens is 2. The van der Waals surface area contributed by atoms with Gasteiger partial charge in [-0.3, -0.25) is 4.40 Å². The van der Waals surface area contributed by atoms with E-state index in [2.05, 4.69) is 48.7 Å². The first-order valence-electron chi connectivity index (χ1n) is 7.55. The summed E-state index contributed by atoms with van der Waals surface area (Å²) in [5, 5.41) is 2.09. The van der Waals surface area contributed by atoms with E-state index in [1.54, 1.807) is 11.3 Å². The predicted octanol–water partition coefficient (Wildman–Crippen LogP) is 3.30. The van der Waals surface area contributed by atoms with Crippen LogP contribution >= 0.6 is 11.3 Å². The molecule has 0 aliphatic carbocycles. The van der Waals surface area contributed by atoms with Crippen molar-refractivity contribution in [3.05, 3.63) is 17.3 Å². The van der Waals surface area contributed by atoms with Crippen LogP contribution in [0.25, 0.3) is 4.96 Å². The highest BCUT2D eigenvalue weighted by molar-refractivity contribution is 7.15. The Morgan fingerprint density at radius 1 is 1.30 bits per heavy atom. The smallest absolute Gasteiger partial charge is 0.195 e. The fraction of sp³-hybridized carbons (Fsp3) is 0.667. The number of nitrogens with two attached hydrogens (primary N) is 1. The molecule has 1 unspecified atom stereocenters. The number of hydrogen-bond donors (Lipinski definition) is 1. The highest BCUT2D eigenvalue weighted by Gasteiger charge is 2.21. The second kappa shape index (κ2) is 6.59. The largest absolute Gasteiger partial charge is 0.355 e. The minimum atomic E-state index is 0.198. The van der Waals surface area contributed by atoms with Crippen LogP contribution < -0.4 is 10.6 Å². The molecule has 20 heavy (non-hydrogen) atoms. The van der Waals surface area contributed by atoms with Gasteiger partial charge in [0.25, 0.3) is 0 Å². The first-order valence-corrected chi connectivity index (χ1v) is 8.43. The van der Waals surface area contributed by atoms with Crippen LogP contribution in [0.3, 0.4) is 0 Å². The topological polar surface area (TPSA) is 46.6 Å². The van der Waals surface area contributed by atoms with E-state index in [-0.39, 0.29) is 6.04 Å². The van der Waals surface area contributed by atoms with Gasteiger partial charge in [0.2, 0.25) is 0 Å². The molecule has 2 rings (SSSR count). The third-order valence-corrected chi connectivity index (χ3v) is 4.90. The maximum absolute atomic E-state index is 6.18. The number of fused-ring (bicyclic) bond motifs is 1. The van der Waals surface area contributed by atoms with Gasteiger partial charge in [0.1, 0.15) is 0 Å². The molecule has 0 aliphatic heterocycles. The number of nitrogens with zero attached hydrogens (tertiary/aromatic N) is 3. The Kier molecular flexibility index (Phi) is 5.05. The van der Waals surface area contributed by atoms with Crippen molar-refractivity contribution in [2.24, 2.45) is 5.73 Å². The van der Waals surface area contributed by atoms with Crippen molar-refractivity contribution in [3.63, 3.8) is 0 Å². The highest BCUT2D eigenvalue weighted by Crippen LogP contribution is 2.27. The zero-order chi connectivity index (χ0) is 14.7. The van der Waals surface area contributed by atoms with Gasteiger partial charge in [-0.05, 0) is 19.3 Å². The monoisotopic (exact) mass is 294 g/mol. The van der Waals surface area contributed by atoms with Crippen LogP contribution in [0.4, 0.5) is 5.82 Å². The van der Waals surface area contributed by atoms with Crippen molar-refractivity contribution in [2.45, 2.75) is 58.5 Å². The molecule has 4 nitrogen and oxygen atoms in total. The molecule has 0 aliphatic rings. The molecule has 0 fully saturated rings. The molecule has 0 saturated heterocycles. The van der Waals surface area contributed by atoms with Gasteiger partial charge >= 0.3 is 0 Å². The Morgan fingerprint density at radius 2 is 2.00 bits per heavy atom. The fourth-order valence-electron chi connectivity index (χ4n) is 2.70. The van der Waals surface area contributed by atoms with Gasteiger partial charge < -0.3 is 10.6 Å². The van der Waals surface area contributed by atoms with Gasteiger partial charge in [-0.15, -0.1) is 11.3 Å². The number of imidazole rings is 1. The van der Waals surface area contributed by atoms with Crippen LogP contribution in [0.5, 0.6) is 0 Å². The van der Waals surface area contributed by atoms with Crippen molar-refractivity contribution in [3.8, 4) is 0 Å². The lowest BCUT2D eigenvalue weighted by atomic mass is 10.1. The van der Waals surface area contributed by atoms with Crippen LogP contribution in [0.15, 0.2) is 11.6 Å². The number of rotatable bonds is 7. The molecule has 0 aromatic carbocycles. The molecular formula is C15H26N4S. The summed E-state index contributed by atoms with van der Waals surface area (Å²) in [6, 6.07) is 0.736. The lowest BCUT2D eigenvalue weighted by Crippen LogP contribution is -2.32. The predicted molar refractivity (Wildman–Crippen MR) is 87.8 cm³/mol. The van der Waals surface area contributed by atoms with Gasteiger partial charge in [0, 0.05) is 37.1 Å². The van der Waals surface area contributed by atoms with E-state index in [1.807, 2.05) is 0 Å². The quantitative estimate of drug-likeness (QED) is 0.852. The summed E-state index contributed by atoms with van der Waals surface area (Å²) in [6.07, 6.45) is 6.25. The fourth-order valence-corrected chi connectivity index (χ4v) is 3.42. The molecule has 2 aromatic rings. The minimum Gasteiger partial charge on any atom is -0.355 e. The van der Waals surface area contributed by atoms with Crippen molar-refractivity contribution in [2.75, 3.05) is 11.9 Å². The molecule has 0 spiro atoms. The van der Waals surface area contributed by atoms with Crippen LogP contribution in [0, 0.1) is 0 Å². The lowest BCUT2D eigenvalue weighted by molar-refractivity contribution is 0.580. The second-order valence-electron chi connectivity index (χ2n) is 5.39. The third kappa shape index (κ3) is 2.83. The summed E-state index contributed by atoms with van der Waals surface area (Å²) in [7, 11) is 2.16. The van der Waals surface area contributed by atoms with E-state index in [0.29, 0.717) is 6.04 Å². The molecular weight excluding hydrogens is 268 g/mol. The lowest BCUT2D eigenvalue weighted by Gasteiger charge is -2.27. The van der Waals surface area contributed by atoms with E-state index in [0.717, 1.165) is 36.5 Å². The standard InChI is InChI=1S/C15H26N4S/c1-5-11(16)10-13-14(18(4)12(6-2)7-3)17-15-19(13)8-9-20-15/h8-9,11-12H,5-7,10,16H2,1-4H3. The minimum absolute atomic E-state index is 0.198. The van der Waals surface area contributed by atoms with Gasteiger partial charge in [-0.25, -0.2) is 4.98 Å². The maximum atomic E-state index is 6.18. The van der Waals surface area contributed by atoms with Crippen LogP contribution in [0.1, 0.15) is 45.7 Å². The summed E-state index contributed by atoms with van der Waals surface area (Å²) in [6.45, 7) is 6.61. The van der Waals surface area contributed by atoms with E-state index in [4.69, 9.17) is 10.7 Å². The highest BCUT2D eigenvalue weighted by atomic mass is 32.1. The molecule has 2 N–H and O–H groups in total. The average molecular weight is 294 g/mol. The molecule has 0 saturated carbocycles. The van der Waals surface area contributed by atoms with E-state index < -0.39 is 0 Å². The Morgan fingerprint density at radius 3 is 2.60 bits per heavy atom. The van der Waals surface area contributed by atoms with Crippen LogP contribution in [-0.2, 0) is 6.42 Å². The molecule has 0 bridgehead atoms. The Labute approximate surface area is 125 Å². The zero-order valence-electron chi connectivity index (χ0n) is 13.0. The van der Waals surface area contributed by atoms with E-state index in [1.165, 1.54) is 5.69 Å². The molecule has 2 heterocycles. The molecule has 0 radical (unpaired) electrons. The first kappa shape index (κ1) is 15.3. The second-order valence-corrected chi connectivity index (χ2v) is 6.26. The van der Waals surface area contributed by atoms with Crippen molar-refractivity contribution < 1.29 is 0 Å². The zero-order valence-corrected chi connectivity index (χ0v) is 13.8. The number of thiazole rings is 1. The SMILES string of the molecule is CCC(N)Cc1c(N(C)C(CC)CC)nc2sccn12. The summed E-state index contributed by atoms with van der Waals surface area (Å²) >= 11 is 1.69. The summed E-state index contributed by atoms with van der Waals surface area (Å²) in [5.41, 5.74) is 7.43. The van der Waals surface area contributed by atoms with E-state index in [9.17, 15) is 0 Å². The summed E-state index contributed by atoms with van der Waals surface area (Å²) < 4.78 is 2.20. The molecule has 0 amide bonds. The normalized spacial score (nSPS) is 13.3. The average Bonchev–Trinajstić information content (AvgIpc) is 3.02. The molecule has 5 heteroatoms. The molecule has 1 atom stereocenters. The van der Waals surface area contributed by atoms with Gasteiger partial charge in [0.15, 0.2) is 10.8 Å². The van der Waals surface area contributed by atoms with Crippen molar-refractivity contribution in [1.82, 2.24) is 9.38 Å². The van der Waals surface area contributed by atoms with Crippen molar-refractivity contribution in [1.29, 1.82) is 0 Å². The third-order valence-electron chi connectivity index (χ3n) is 4.14. The molecule has 2 aromatic heterocycles. The van der Waals surface area contributed by atoms with E-state index >= 15 is 0 Å². The van der Waals surface area contributed by atoms with Gasteiger partial charge in [0.05, 0.1) is 5.69 Å². The Bertz CT molecular complexity index is 541. The summed E-state index contributed by atoms with van der Waals surface area (Å²) in [5.74, 6) is 1.11.